The maximum Gasteiger partial charge on any atom is 0.312 e. The number of aliphatic hydroxyl groups is 2. The van der Waals surface area contributed by atoms with Crippen LogP contribution in [0, 0.1) is 6.08 Å². The van der Waals surface area contributed by atoms with Crippen LogP contribution in [-0.2, 0) is 9.53 Å². The standard InChI is InChI=1S/C12H15FN6O4/c1-4(21)16-6-5(2-20)23-11(8(6)22)19-3-15-7-9(14)17-12(13)18-10(7)19/h3,5-6,8,11,20,22H,2H2,1H3,(H,16,21)(H2,14,17,18). The van der Waals surface area contributed by atoms with Crippen LogP contribution < -0.4 is 11.1 Å². The molecule has 11 heteroatoms. The summed E-state index contributed by atoms with van der Waals surface area (Å²) in [5.74, 6) is -0.527. The molecule has 1 aliphatic heterocycles. The Morgan fingerprint density at radius 1 is 1.57 bits per heavy atom. The van der Waals surface area contributed by atoms with Crippen molar-refractivity contribution in [3.05, 3.63) is 12.4 Å². The molecule has 1 amide bonds. The fraction of sp³-hybridized carbons (Fsp3) is 0.500. The van der Waals surface area contributed by atoms with Crippen molar-refractivity contribution in [3.63, 3.8) is 0 Å². The third kappa shape index (κ3) is 2.58. The predicted molar refractivity (Wildman–Crippen MR) is 74.3 cm³/mol. The minimum absolute atomic E-state index is 0.0409. The Labute approximate surface area is 129 Å². The highest BCUT2D eigenvalue weighted by Gasteiger charge is 2.45. The van der Waals surface area contributed by atoms with Gasteiger partial charge < -0.3 is 26.0 Å². The van der Waals surface area contributed by atoms with Gasteiger partial charge in [-0.1, -0.05) is 0 Å². The molecule has 0 radical (unpaired) electrons. The van der Waals surface area contributed by atoms with Crippen molar-refractivity contribution < 1.29 is 24.1 Å². The summed E-state index contributed by atoms with van der Waals surface area (Å²) in [5.41, 5.74) is 5.78. The van der Waals surface area contributed by atoms with Crippen LogP contribution in [0.25, 0.3) is 11.2 Å². The number of nitrogens with two attached hydrogens (primary N) is 1. The number of nitrogens with one attached hydrogen (secondary N) is 1. The Balaban J connectivity index is 2.00. The maximum absolute atomic E-state index is 13.4. The van der Waals surface area contributed by atoms with Crippen molar-refractivity contribution in [1.29, 1.82) is 0 Å². The number of anilines is 1. The van der Waals surface area contributed by atoms with Gasteiger partial charge in [0.25, 0.3) is 0 Å². The van der Waals surface area contributed by atoms with E-state index in [2.05, 4.69) is 20.3 Å². The van der Waals surface area contributed by atoms with Gasteiger partial charge in [-0.15, -0.1) is 0 Å². The smallest absolute Gasteiger partial charge is 0.312 e. The Hall–Kier alpha value is -2.37. The first kappa shape index (κ1) is 15.5. The summed E-state index contributed by atoms with van der Waals surface area (Å²) >= 11 is 0. The van der Waals surface area contributed by atoms with E-state index in [0.29, 0.717) is 0 Å². The summed E-state index contributed by atoms with van der Waals surface area (Å²) in [5, 5.41) is 22.3. The van der Waals surface area contributed by atoms with Crippen LogP contribution >= 0.6 is 0 Å². The summed E-state index contributed by atoms with van der Waals surface area (Å²) in [6, 6.07) is -0.830. The summed E-state index contributed by atoms with van der Waals surface area (Å²) in [6.07, 6.45) is -2.83. The molecule has 3 rings (SSSR count). The van der Waals surface area contributed by atoms with Gasteiger partial charge in [0.2, 0.25) is 5.91 Å². The number of ether oxygens (including phenoxy) is 1. The summed E-state index contributed by atoms with van der Waals surface area (Å²) in [6.45, 7) is 0.862. The average molecular weight is 326 g/mol. The second kappa shape index (κ2) is 5.68. The number of nitrogen functional groups attached to an aromatic ring is 1. The second-order valence-electron chi connectivity index (χ2n) is 5.17. The highest BCUT2D eigenvalue weighted by Crippen LogP contribution is 2.32. The van der Waals surface area contributed by atoms with E-state index >= 15 is 0 Å². The van der Waals surface area contributed by atoms with Crippen LogP contribution in [0.3, 0.4) is 0 Å². The molecule has 1 fully saturated rings. The molecule has 1 saturated heterocycles. The molecule has 23 heavy (non-hydrogen) atoms. The van der Waals surface area contributed by atoms with E-state index in [0.717, 1.165) is 0 Å². The quantitative estimate of drug-likeness (QED) is 0.488. The minimum Gasteiger partial charge on any atom is -0.394 e. The first-order chi connectivity index (χ1) is 10.9. The van der Waals surface area contributed by atoms with Gasteiger partial charge in [0.15, 0.2) is 23.2 Å². The normalized spacial score (nSPS) is 27.5. The predicted octanol–water partition coefficient (Wildman–Crippen LogP) is -1.70. The van der Waals surface area contributed by atoms with Crippen molar-refractivity contribution in [1.82, 2.24) is 24.8 Å². The van der Waals surface area contributed by atoms with Crippen LogP contribution in [0.5, 0.6) is 0 Å². The number of carbonyl (C=O) groups excluding carboxylic acids is 1. The van der Waals surface area contributed by atoms with Crippen LogP contribution in [-0.4, -0.2) is 60.5 Å². The van der Waals surface area contributed by atoms with Crippen LogP contribution in [0.4, 0.5) is 10.2 Å². The van der Waals surface area contributed by atoms with Gasteiger partial charge in [0.1, 0.15) is 12.2 Å². The van der Waals surface area contributed by atoms with E-state index in [9.17, 15) is 19.4 Å². The lowest BCUT2D eigenvalue weighted by molar-refractivity contribution is -0.120. The van der Waals surface area contributed by atoms with Gasteiger partial charge in [-0.05, 0) is 0 Å². The molecule has 0 saturated carbocycles. The molecule has 4 atom stereocenters. The van der Waals surface area contributed by atoms with Gasteiger partial charge in [0.05, 0.1) is 19.0 Å². The lowest BCUT2D eigenvalue weighted by atomic mass is 10.1. The molecule has 124 valence electrons. The first-order valence-corrected chi connectivity index (χ1v) is 6.79. The fourth-order valence-electron chi connectivity index (χ4n) is 2.64. The largest absolute Gasteiger partial charge is 0.394 e. The molecule has 2 aromatic rings. The number of imidazole rings is 1. The zero-order chi connectivity index (χ0) is 16.7. The van der Waals surface area contributed by atoms with Crippen molar-refractivity contribution in [2.75, 3.05) is 12.3 Å². The number of hydrogen-bond donors (Lipinski definition) is 4. The number of hydrogen-bond acceptors (Lipinski definition) is 8. The Morgan fingerprint density at radius 3 is 2.96 bits per heavy atom. The molecule has 2 aromatic heterocycles. The van der Waals surface area contributed by atoms with E-state index in [-0.39, 0.29) is 22.9 Å². The summed E-state index contributed by atoms with van der Waals surface area (Å²) in [7, 11) is 0. The first-order valence-electron chi connectivity index (χ1n) is 6.79. The van der Waals surface area contributed by atoms with Gasteiger partial charge >= 0.3 is 6.08 Å². The molecule has 0 spiro atoms. The maximum atomic E-state index is 13.4. The number of carbonyl (C=O) groups is 1. The van der Waals surface area contributed by atoms with Crippen molar-refractivity contribution >= 4 is 22.9 Å². The van der Waals surface area contributed by atoms with E-state index < -0.39 is 37.2 Å². The number of aromatic nitrogens is 4. The highest BCUT2D eigenvalue weighted by atomic mass is 19.1. The molecule has 0 aliphatic carbocycles. The molecule has 5 N–H and O–H groups in total. The van der Waals surface area contributed by atoms with Crippen molar-refractivity contribution in [2.45, 2.75) is 31.4 Å². The zero-order valence-corrected chi connectivity index (χ0v) is 12.0. The average Bonchev–Trinajstić information content (AvgIpc) is 3.01. The fourth-order valence-corrected chi connectivity index (χ4v) is 2.64. The number of fused-ring (bicyclic) bond motifs is 1. The number of halogens is 1. The molecule has 10 nitrogen and oxygen atoms in total. The molecular formula is C12H15FN6O4. The van der Waals surface area contributed by atoms with Crippen molar-refractivity contribution in [2.24, 2.45) is 0 Å². The number of rotatable bonds is 3. The van der Waals surface area contributed by atoms with Gasteiger partial charge in [-0.25, -0.2) is 4.98 Å². The molecule has 0 aromatic carbocycles. The number of amides is 1. The lowest BCUT2D eigenvalue weighted by Crippen LogP contribution is -2.47. The van der Waals surface area contributed by atoms with E-state index in [1.807, 2.05) is 0 Å². The highest BCUT2D eigenvalue weighted by molar-refractivity contribution is 5.81. The number of nitrogens with zero attached hydrogens (tertiary/aromatic N) is 4. The zero-order valence-electron chi connectivity index (χ0n) is 12.0. The van der Waals surface area contributed by atoms with Gasteiger partial charge in [0, 0.05) is 6.92 Å². The Bertz CT molecular complexity index is 752. The third-order valence-electron chi connectivity index (χ3n) is 3.62. The van der Waals surface area contributed by atoms with Crippen LogP contribution in [0.1, 0.15) is 13.2 Å². The van der Waals surface area contributed by atoms with E-state index in [1.165, 1.54) is 17.8 Å². The van der Waals surface area contributed by atoms with Gasteiger partial charge in [-0.2, -0.15) is 14.4 Å². The Kier molecular flexibility index (Phi) is 3.83. The third-order valence-corrected chi connectivity index (χ3v) is 3.62. The van der Waals surface area contributed by atoms with E-state index in [4.69, 9.17) is 10.5 Å². The molecule has 4 unspecified atom stereocenters. The lowest BCUT2D eigenvalue weighted by Gasteiger charge is -2.19. The molecule has 1 aliphatic rings. The molecule has 0 bridgehead atoms. The van der Waals surface area contributed by atoms with Gasteiger partial charge in [-0.3, -0.25) is 9.36 Å². The summed E-state index contributed by atoms with van der Waals surface area (Å²) in [4.78, 5) is 22.2. The topological polar surface area (TPSA) is 148 Å². The number of aliphatic hydroxyl groups excluding tert-OH is 2. The minimum atomic E-state index is -1.20. The van der Waals surface area contributed by atoms with Crippen LogP contribution in [0.15, 0.2) is 6.33 Å². The molecular weight excluding hydrogens is 311 g/mol. The second-order valence-corrected chi connectivity index (χ2v) is 5.17. The molecule has 3 heterocycles. The summed E-state index contributed by atoms with van der Waals surface area (Å²) < 4.78 is 20.2. The Morgan fingerprint density at radius 2 is 2.30 bits per heavy atom. The monoisotopic (exact) mass is 326 g/mol. The van der Waals surface area contributed by atoms with Crippen molar-refractivity contribution in [3.8, 4) is 0 Å². The van der Waals surface area contributed by atoms with Crippen LogP contribution in [0.2, 0.25) is 0 Å². The van der Waals surface area contributed by atoms with E-state index in [1.54, 1.807) is 0 Å². The SMILES string of the molecule is CC(=O)NC1C(CO)OC(n2cnc3c(N)nc(F)nc32)C1O.